The van der Waals surface area contributed by atoms with Crippen LogP contribution in [0.15, 0.2) is 0 Å². The SMILES string of the molecule is CCC(C)CC(=O)NCCC(C)(C)C(=O)O. The van der Waals surface area contributed by atoms with Crippen molar-refractivity contribution in [3.05, 3.63) is 0 Å². The summed E-state index contributed by atoms with van der Waals surface area (Å²) < 4.78 is 0. The second kappa shape index (κ2) is 6.51. The van der Waals surface area contributed by atoms with Crippen molar-refractivity contribution in [3.63, 3.8) is 0 Å². The molecule has 0 aliphatic carbocycles. The van der Waals surface area contributed by atoms with E-state index in [1.807, 2.05) is 13.8 Å². The largest absolute Gasteiger partial charge is 0.481 e. The first-order valence-corrected chi connectivity index (χ1v) is 5.79. The van der Waals surface area contributed by atoms with E-state index in [1.54, 1.807) is 13.8 Å². The summed E-state index contributed by atoms with van der Waals surface area (Å²) in [4.78, 5) is 22.2. The zero-order valence-electron chi connectivity index (χ0n) is 10.7. The van der Waals surface area contributed by atoms with Crippen molar-refractivity contribution in [2.24, 2.45) is 11.3 Å². The van der Waals surface area contributed by atoms with Crippen LogP contribution in [0, 0.1) is 11.3 Å². The van der Waals surface area contributed by atoms with Crippen LogP contribution >= 0.6 is 0 Å². The molecule has 4 heteroatoms. The topological polar surface area (TPSA) is 66.4 Å². The number of rotatable bonds is 7. The molecule has 4 nitrogen and oxygen atoms in total. The molecule has 0 aromatic rings. The maximum absolute atomic E-state index is 11.4. The Balaban J connectivity index is 3.82. The van der Waals surface area contributed by atoms with Gasteiger partial charge >= 0.3 is 5.97 Å². The molecular formula is C12H23NO3. The molecule has 1 atom stereocenters. The third-order valence-electron chi connectivity index (χ3n) is 2.88. The number of carboxylic acid groups (broad SMARTS) is 1. The fourth-order valence-corrected chi connectivity index (χ4v) is 1.15. The van der Waals surface area contributed by atoms with Gasteiger partial charge in [-0.2, -0.15) is 0 Å². The zero-order valence-corrected chi connectivity index (χ0v) is 10.7. The van der Waals surface area contributed by atoms with Crippen molar-refractivity contribution in [1.29, 1.82) is 0 Å². The van der Waals surface area contributed by atoms with E-state index in [-0.39, 0.29) is 5.91 Å². The predicted molar refractivity (Wildman–Crippen MR) is 63.1 cm³/mol. The second-order valence-electron chi connectivity index (χ2n) is 5.01. The summed E-state index contributed by atoms with van der Waals surface area (Å²) in [5.74, 6) is -0.438. The summed E-state index contributed by atoms with van der Waals surface area (Å²) in [6.45, 7) is 7.83. The lowest BCUT2D eigenvalue weighted by Gasteiger charge is -2.19. The quantitative estimate of drug-likeness (QED) is 0.702. The van der Waals surface area contributed by atoms with Gasteiger partial charge in [-0.1, -0.05) is 20.3 Å². The van der Waals surface area contributed by atoms with Gasteiger partial charge in [0.15, 0.2) is 0 Å². The second-order valence-corrected chi connectivity index (χ2v) is 5.01. The van der Waals surface area contributed by atoms with Crippen LogP contribution in [0.25, 0.3) is 0 Å². The van der Waals surface area contributed by atoms with Crippen molar-refractivity contribution in [2.75, 3.05) is 6.54 Å². The molecule has 0 heterocycles. The molecule has 0 fully saturated rings. The molecule has 0 aliphatic rings. The van der Waals surface area contributed by atoms with E-state index in [4.69, 9.17) is 5.11 Å². The van der Waals surface area contributed by atoms with Gasteiger partial charge in [-0.25, -0.2) is 0 Å². The van der Waals surface area contributed by atoms with Crippen LogP contribution in [0.3, 0.4) is 0 Å². The highest BCUT2D eigenvalue weighted by Gasteiger charge is 2.26. The Morgan fingerprint density at radius 3 is 2.38 bits per heavy atom. The Labute approximate surface area is 97.4 Å². The number of carboxylic acids is 1. The molecule has 0 saturated carbocycles. The van der Waals surface area contributed by atoms with Crippen molar-refractivity contribution in [1.82, 2.24) is 5.32 Å². The molecule has 1 unspecified atom stereocenters. The van der Waals surface area contributed by atoms with Crippen LogP contribution in [-0.2, 0) is 9.59 Å². The number of nitrogens with one attached hydrogen (secondary N) is 1. The van der Waals surface area contributed by atoms with Gasteiger partial charge in [0.2, 0.25) is 5.91 Å². The van der Waals surface area contributed by atoms with Crippen molar-refractivity contribution in [2.45, 2.75) is 47.0 Å². The number of carbonyl (C=O) groups is 2. The molecule has 94 valence electrons. The number of amides is 1. The van der Waals surface area contributed by atoms with Gasteiger partial charge in [0, 0.05) is 13.0 Å². The van der Waals surface area contributed by atoms with Crippen molar-refractivity contribution >= 4 is 11.9 Å². The lowest BCUT2D eigenvalue weighted by atomic mass is 9.89. The van der Waals surface area contributed by atoms with Gasteiger partial charge in [-0.15, -0.1) is 0 Å². The average molecular weight is 229 g/mol. The average Bonchev–Trinajstić information content (AvgIpc) is 2.16. The molecule has 2 N–H and O–H groups in total. The normalized spacial score (nSPS) is 13.2. The predicted octanol–water partition coefficient (Wildman–Crippen LogP) is 2.04. The van der Waals surface area contributed by atoms with Gasteiger partial charge in [-0.05, 0) is 26.2 Å². The lowest BCUT2D eigenvalue weighted by molar-refractivity contribution is -0.147. The zero-order chi connectivity index (χ0) is 12.8. The number of hydrogen-bond acceptors (Lipinski definition) is 2. The Morgan fingerprint density at radius 2 is 1.94 bits per heavy atom. The van der Waals surface area contributed by atoms with Gasteiger partial charge in [0.05, 0.1) is 5.41 Å². The Morgan fingerprint density at radius 1 is 1.38 bits per heavy atom. The molecular weight excluding hydrogens is 206 g/mol. The van der Waals surface area contributed by atoms with E-state index in [2.05, 4.69) is 5.32 Å². The Bertz CT molecular complexity index is 249. The van der Waals surface area contributed by atoms with Crippen LogP contribution in [-0.4, -0.2) is 23.5 Å². The van der Waals surface area contributed by atoms with Gasteiger partial charge in [-0.3, -0.25) is 9.59 Å². The van der Waals surface area contributed by atoms with Gasteiger partial charge in [0.25, 0.3) is 0 Å². The summed E-state index contributed by atoms with van der Waals surface area (Å²) in [5, 5.41) is 11.6. The minimum absolute atomic E-state index is 0.00976. The summed E-state index contributed by atoms with van der Waals surface area (Å²) in [6, 6.07) is 0. The smallest absolute Gasteiger partial charge is 0.309 e. The third kappa shape index (κ3) is 5.73. The fraction of sp³-hybridized carbons (Fsp3) is 0.833. The van der Waals surface area contributed by atoms with Gasteiger partial charge in [0.1, 0.15) is 0 Å². The first kappa shape index (κ1) is 14.9. The summed E-state index contributed by atoms with van der Waals surface area (Å²) >= 11 is 0. The molecule has 0 spiro atoms. The fourth-order valence-electron chi connectivity index (χ4n) is 1.15. The molecule has 1 amide bonds. The van der Waals surface area contributed by atoms with E-state index in [9.17, 15) is 9.59 Å². The Kier molecular flexibility index (Phi) is 6.08. The monoisotopic (exact) mass is 229 g/mol. The number of hydrogen-bond donors (Lipinski definition) is 2. The maximum Gasteiger partial charge on any atom is 0.309 e. The van der Waals surface area contributed by atoms with Gasteiger partial charge < -0.3 is 10.4 Å². The first-order valence-electron chi connectivity index (χ1n) is 5.79. The van der Waals surface area contributed by atoms with E-state index in [1.165, 1.54) is 0 Å². The van der Waals surface area contributed by atoms with Crippen molar-refractivity contribution < 1.29 is 14.7 Å². The van der Waals surface area contributed by atoms with E-state index in [0.29, 0.717) is 25.3 Å². The first-order chi connectivity index (χ1) is 7.29. The summed E-state index contributed by atoms with van der Waals surface area (Å²) in [5.41, 5.74) is -0.774. The summed E-state index contributed by atoms with van der Waals surface area (Å²) in [6.07, 6.45) is 1.95. The molecule has 0 radical (unpaired) electrons. The molecule has 0 saturated heterocycles. The standard InChI is InChI=1S/C12H23NO3/c1-5-9(2)8-10(14)13-7-6-12(3,4)11(15)16/h9H,5-8H2,1-4H3,(H,13,14)(H,15,16). The minimum Gasteiger partial charge on any atom is -0.481 e. The van der Waals surface area contributed by atoms with Crippen LogP contribution in [0.5, 0.6) is 0 Å². The molecule has 16 heavy (non-hydrogen) atoms. The number of aliphatic carboxylic acids is 1. The maximum atomic E-state index is 11.4. The molecule has 0 rings (SSSR count). The van der Waals surface area contributed by atoms with Crippen LogP contribution in [0.4, 0.5) is 0 Å². The van der Waals surface area contributed by atoms with Crippen molar-refractivity contribution in [3.8, 4) is 0 Å². The van der Waals surface area contributed by atoms with E-state index < -0.39 is 11.4 Å². The third-order valence-corrected chi connectivity index (χ3v) is 2.88. The van der Waals surface area contributed by atoms with Crippen LogP contribution < -0.4 is 5.32 Å². The Hall–Kier alpha value is -1.06. The van der Waals surface area contributed by atoms with Crippen LogP contribution in [0.2, 0.25) is 0 Å². The lowest BCUT2D eigenvalue weighted by Crippen LogP contribution is -2.32. The molecule has 0 bridgehead atoms. The molecule has 0 aromatic carbocycles. The number of carbonyl (C=O) groups excluding carboxylic acids is 1. The van der Waals surface area contributed by atoms with E-state index in [0.717, 1.165) is 6.42 Å². The molecule has 0 aliphatic heterocycles. The minimum atomic E-state index is -0.830. The summed E-state index contributed by atoms with van der Waals surface area (Å²) in [7, 11) is 0. The van der Waals surface area contributed by atoms with Crippen LogP contribution in [0.1, 0.15) is 47.0 Å². The van der Waals surface area contributed by atoms with E-state index >= 15 is 0 Å². The highest BCUT2D eigenvalue weighted by molar-refractivity contribution is 5.76. The highest BCUT2D eigenvalue weighted by atomic mass is 16.4. The highest BCUT2D eigenvalue weighted by Crippen LogP contribution is 2.19. The molecule has 0 aromatic heterocycles.